The van der Waals surface area contributed by atoms with Crippen LogP contribution in [-0.2, 0) is 19.6 Å². The third kappa shape index (κ3) is 11.1. The normalized spacial score (nSPS) is 12.9. The number of aromatic hydroxyl groups is 1. The first-order valence-electron chi connectivity index (χ1n) is 24.6. The van der Waals surface area contributed by atoms with Crippen molar-refractivity contribution in [3.05, 3.63) is 205 Å². The van der Waals surface area contributed by atoms with Crippen molar-refractivity contribution < 1.29 is 9.52 Å². The Balaban J connectivity index is 0.000000125. The molecule has 0 bridgehead atoms. The summed E-state index contributed by atoms with van der Waals surface area (Å²) in [5, 5.41) is 19.9. The van der Waals surface area contributed by atoms with Crippen molar-refractivity contribution in [3.8, 4) is 39.3 Å². The number of likely N-dealkylation sites (tertiary alicyclic amines) is 1. The van der Waals surface area contributed by atoms with Crippen LogP contribution in [0.4, 0.5) is 11.4 Å². The van der Waals surface area contributed by atoms with Crippen LogP contribution in [-0.4, -0.2) is 78.0 Å². The van der Waals surface area contributed by atoms with Crippen LogP contribution in [0.25, 0.3) is 66.7 Å². The molecule has 8 heterocycles. The predicted octanol–water partition coefficient (Wildman–Crippen LogP) is 13.0. The molecule has 4 aromatic carbocycles. The second kappa shape index (κ2) is 22.1. The first kappa shape index (κ1) is 47.2. The van der Waals surface area contributed by atoms with Crippen molar-refractivity contribution in [2.45, 2.75) is 45.4 Å². The molecule has 1 aliphatic heterocycles. The molecule has 0 amide bonds. The Labute approximate surface area is 419 Å². The Bertz CT molecular complexity index is 3480. The van der Waals surface area contributed by atoms with E-state index in [0.717, 1.165) is 68.3 Å². The summed E-state index contributed by atoms with van der Waals surface area (Å²) in [6, 6.07) is 50.1. The molecule has 1 aliphatic rings. The number of nitrogens with one attached hydrogen (secondary N) is 5. The average molecular weight is 953 g/mol. The van der Waals surface area contributed by atoms with Crippen LogP contribution in [0, 0.1) is 6.92 Å². The van der Waals surface area contributed by atoms with Crippen molar-refractivity contribution in [1.29, 1.82) is 0 Å². The molecule has 0 aliphatic carbocycles. The lowest BCUT2D eigenvalue weighted by atomic mass is 10.0. The first-order chi connectivity index (χ1) is 35.3. The van der Waals surface area contributed by atoms with Gasteiger partial charge in [-0.1, -0.05) is 72.8 Å². The highest BCUT2D eigenvalue weighted by atomic mass is 16.3. The van der Waals surface area contributed by atoms with Crippen molar-refractivity contribution >= 4 is 44.5 Å². The SMILES string of the molecule is CN1CCC(N(C)Cc2ccc(-c3ccnc4[nH]ccc34)cc2)CC1.Cc1c(O)cccc1NCc1ccc(-c2ccnc3[nH]ccc23)cc1.c1ccc(NCc2ccc(-c3ccnc4[nH]ccc34)o2)cc1. The summed E-state index contributed by atoms with van der Waals surface area (Å²) in [6.07, 6.45) is 13.8. The molecule has 0 unspecified atom stereocenters. The van der Waals surface area contributed by atoms with E-state index in [4.69, 9.17) is 4.42 Å². The van der Waals surface area contributed by atoms with Gasteiger partial charge in [-0.25, -0.2) is 15.0 Å². The van der Waals surface area contributed by atoms with Crippen molar-refractivity contribution in [2.75, 3.05) is 37.8 Å². The molecule has 0 atom stereocenters. The van der Waals surface area contributed by atoms with E-state index >= 15 is 0 Å². The largest absolute Gasteiger partial charge is 0.508 e. The van der Waals surface area contributed by atoms with E-state index in [0.29, 0.717) is 24.9 Å². The van der Waals surface area contributed by atoms with Gasteiger partial charge >= 0.3 is 0 Å². The number of hydrogen-bond donors (Lipinski definition) is 6. The van der Waals surface area contributed by atoms with Crippen LogP contribution in [0.2, 0.25) is 0 Å². The number of phenols is 1. The maximum atomic E-state index is 9.78. The quantitative estimate of drug-likeness (QED) is 0.0703. The van der Waals surface area contributed by atoms with Gasteiger partial charge in [0, 0.05) is 95.0 Å². The summed E-state index contributed by atoms with van der Waals surface area (Å²) in [7, 11) is 4.48. The molecule has 1 fully saturated rings. The second-order valence-electron chi connectivity index (χ2n) is 18.4. The van der Waals surface area contributed by atoms with Crippen LogP contribution in [0.3, 0.4) is 0 Å². The first-order valence-corrected chi connectivity index (χ1v) is 24.6. The minimum absolute atomic E-state index is 0.313. The van der Waals surface area contributed by atoms with Gasteiger partial charge in [-0.05, 0) is 153 Å². The Morgan fingerprint density at radius 2 is 1.15 bits per heavy atom. The lowest BCUT2D eigenvalue weighted by Crippen LogP contribution is -2.41. The summed E-state index contributed by atoms with van der Waals surface area (Å²) in [6.45, 7) is 6.72. The summed E-state index contributed by atoms with van der Waals surface area (Å²) >= 11 is 0. The predicted molar refractivity (Wildman–Crippen MR) is 293 cm³/mol. The van der Waals surface area contributed by atoms with Crippen molar-refractivity contribution in [3.63, 3.8) is 0 Å². The maximum absolute atomic E-state index is 9.78. The average Bonchev–Trinajstić information content (AvgIpc) is 4.28. The molecule has 7 aromatic heterocycles. The Hall–Kier alpha value is -8.45. The monoisotopic (exact) mass is 952 g/mol. The van der Waals surface area contributed by atoms with Crippen molar-refractivity contribution in [2.24, 2.45) is 0 Å². The zero-order valence-electron chi connectivity index (χ0n) is 40.9. The molecule has 1 saturated heterocycles. The van der Waals surface area contributed by atoms with Gasteiger partial charge in [0.2, 0.25) is 0 Å². The maximum Gasteiger partial charge on any atom is 0.137 e. The lowest BCUT2D eigenvalue weighted by Gasteiger charge is -2.35. The number of furan rings is 1. The molecule has 12 rings (SSSR count). The van der Waals surface area contributed by atoms with E-state index in [1.165, 1.54) is 64.7 Å². The number of rotatable bonds is 12. The number of hydrogen-bond acceptors (Lipinski definition) is 9. The van der Waals surface area contributed by atoms with Gasteiger partial charge in [0.15, 0.2) is 0 Å². The number of aromatic amines is 3. The fourth-order valence-electron chi connectivity index (χ4n) is 9.42. The smallest absolute Gasteiger partial charge is 0.137 e. The Morgan fingerprint density at radius 3 is 1.75 bits per heavy atom. The van der Waals surface area contributed by atoms with E-state index < -0.39 is 0 Å². The van der Waals surface area contributed by atoms with Gasteiger partial charge in [-0.15, -0.1) is 0 Å². The van der Waals surface area contributed by atoms with Crippen LogP contribution >= 0.6 is 0 Å². The van der Waals surface area contributed by atoms with Gasteiger partial charge in [0.25, 0.3) is 0 Å². The summed E-state index contributed by atoms with van der Waals surface area (Å²) < 4.78 is 5.96. The number of piperidine rings is 1. The molecule has 362 valence electrons. The number of anilines is 2. The molecule has 12 nitrogen and oxygen atoms in total. The van der Waals surface area contributed by atoms with E-state index in [1.54, 1.807) is 12.3 Å². The Morgan fingerprint density at radius 1 is 0.597 bits per heavy atom. The number of pyridine rings is 3. The van der Waals surface area contributed by atoms with E-state index in [2.05, 4.69) is 131 Å². The molecule has 12 heteroatoms. The van der Waals surface area contributed by atoms with Crippen LogP contribution < -0.4 is 10.6 Å². The van der Waals surface area contributed by atoms with Gasteiger partial charge in [0.1, 0.15) is 34.2 Å². The minimum Gasteiger partial charge on any atom is -0.508 e. The van der Waals surface area contributed by atoms with Gasteiger partial charge in [0.05, 0.1) is 6.54 Å². The highest BCUT2D eigenvalue weighted by Gasteiger charge is 2.20. The standard InChI is InChI=1S/C21H26N4.C21H19N3O.C18H15N3O/c1-24-13-9-18(10-14-24)25(2)15-16-3-5-17(6-4-16)19-7-11-22-21-20(19)8-12-23-21;1-14-19(3-2-4-20(14)25)24-13-15-5-7-16(8-6-15)17-9-11-22-21-18(17)10-12-23-21;1-2-4-13(5-3-1)21-12-14-6-7-17(22-14)15-8-10-19-18-16(15)9-11-20-18/h3-8,11-12,18H,9-10,13-15H2,1-2H3,(H,22,23);2-12,24-25H,13H2,1H3,(H,22,23);1-11,21H,12H2,(H,19,20). The van der Waals surface area contributed by atoms with Gasteiger partial charge < -0.3 is 40.0 Å². The molecule has 11 aromatic rings. The molecule has 72 heavy (non-hydrogen) atoms. The minimum atomic E-state index is 0.313. The van der Waals surface area contributed by atoms with Gasteiger partial charge in [-0.3, -0.25) is 4.90 Å². The molecule has 0 radical (unpaired) electrons. The number of benzene rings is 4. The molecule has 0 saturated carbocycles. The lowest BCUT2D eigenvalue weighted by molar-refractivity contribution is 0.139. The van der Waals surface area contributed by atoms with E-state index in [-0.39, 0.29) is 0 Å². The zero-order valence-corrected chi connectivity index (χ0v) is 40.9. The highest BCUT2D eigenvalue weighted by Crippen LogP contribution is 2.31. The van der Waals surface area contributed by atoms with E-state index in [1.807, 2.05) is 111 Å². The summed E-state index contributed by atoms with van der Waals surface area (Å²) in [5.41, 5.74) is 14.1. The Kier molecular flexibility index (Phi) is 14.5. The van der Waals surface area contributed by atoms with Crippen LogP contribution in [0.1, 0.15) is 35.3 Å². The van der Waals surface area contributed by atoms with Crippen LogP contribution in [0.15, 0.2) is 187 Å². The third-order valence-corrected chi connectivity index (χ3v) is 13.6. The molecular weight excluding hydrogens is 893 g/mol. The number of para-hydroxylation sites is 1. The molecule has 0 spiro atoms. The fraction of sp³-hybridized carbons (Fsp3) is 0.183. The summed E-state index contributed by atoms with van der Waals surface area (Å²) in [5.74, 6) is 2.07. The third-order valence-electron chi connectivity index (χ3n) is 13.6. The summed E-state index contributed by atoms with van der Waals surface area (Å²) in [4.78, 5) is 27.4. The number of H-pyrrole nitrogens is 3. The van der Waals surface area contributed by atoms with E-state index in [9.17, 15) is 5.11 Å². The van der Waals surface area contributed by atoms with Gasteiger partial charge in [-0.2, -0.15) is 0 Å². The second-order valence-corrected chi connectivity index (χ2v) is 18.4. The molecular formula is C60H60N10O2. The van der Waals surface area contributed by atoms with Crippen LogP contribution in [0.5, 0.6) is 5.75 Å². The zero-order chi connectivity index (χ0) is 49.2. The highest BCUT2D eigenvalue weighted by molar-refractivity contribution is 5.94. The number of aromatic nitrogens is 6. The number of phenolic OH excluding ortho intramolecular Hbond substituents is 1. The topological polar surface area (TPSA) is 150 Å². The molecule has 6 N–H and O–H groups in total. The number of fused-ring (bicyclic) bond motifs is 3. The van der Waals surface area contributed by atoms with Crippen molar-refractivity contribution in [1.82, 2.24) is 39.7 Å². The number of nitrogens with zero attached hydrogens (tertiary/aromatic N) is 5. The fourth-order valence-corrected chi connectivity index (χ4v) is 9.42.